The van der Waals surface area contributed by atoms with Gasteiger partial charge in [-0.2, -0.15) is 0 Å². The minimum Gasteiger partial charge on any atom is -0.459 e. The SMILES string of the molecule is C=CC(=O)OC(C(C)CCC(C)CC)C1CC2CCCC(C)(C2)C1. The van der Waals surface area contributed by atoms with E-state index in [1.807, 2.05) is 0 Å². The van der Waals surface area contributed by atoms with E-state index in [1.54, 1.807) is 0 Å². The van der Waals surface area contributed by atoms with E-state index in [4.69, 9.17) is 4.74 Å². The molecule has 0 spiro atoms. The fraction of sp³-hybridized carbons (Fsp3) is 0.864. The summed E-state index contributed by atoms with van der Waals surface area (Å²) in [5.74, 6) is 2.33. The summed E-state index contributed by atoms with van der Waals surface area (Å²) in [5, 5.41) is 0. The first-order chi connectivity index (χ1) is 11.4. The van der Waals surface area contributed by atoms with Crippen LogP contribution < -0.4 is 0 Å². The molecule has 0 amide bonds. The summed E-state index contributed by atoms with van der Waals surface area (Å²) in [6, 6.07) is 0. The van der Waals surface area contributed by atoms with E-state index in [2.05, 4.69) is 34.3 Å². The van der Waals surface area contributed by atoms with Gasteiger partial charge in [0.2, 0.25) is 0 Å². The van der Waals surface area contributed by atoms with Crippen LogP contribution in [0.3, 0.4) is 0 Å². The van der Waals surface area contributed by atoms with Gasteiger partial charge in [-0.15, -0.1) is 0 Å². The summed E-state index contributed by atoms with van der Waals surface area (Å²) in [6.07, 6.45) is 13.0. The van der Waals surface area contributed by atoms with Crippen molar-refractivity contribution in [2.75, 3.05) is 0 Å². The van der Waals surface area contributed by atoms with Crippen LogP contribution in [0.4, 0.5) is 0 Å². The molecule has 0 radical (unpaired) electrons. The second kappa shape index (κ2) is 8.54. The van der Waals surface area contributed by atoms with Gasteiger partial charge in [-0.25, -0.2) is 4.79 Å². The molecule has 0 aliphatic heterocycles. The van der Waals surface area contributed by atoms with Gasteiger partial charge in [0.05, 0.1) is 0 Å². The number of rotatable bonds is 8. The van der Waals surface area contributed by atoms with E-state index >= 15 is 0 Å². The van der Waals surface area contributed by atoms with E-state index in [1.165, 1.54) is 57.4 Å². The minimum absolute atomic E-state index is 0.0692. The Labute approximate surface area is 149 Å². The van der Waals surface area contributed by atoms with Gasteiger partial charge in [0.15, 0.2) is 0 Å². The average Bonchev–Trinajstić information content (AvgIpc) is 2.55. The molecule has 2 heteroatoms. The summed E-state index contributed by atoms with van der Waals surface area (Å²) >= 11 is 0. The van der Waals surface area contributed by atoms with E-state index in [0.29, 0.717) is 17.3 Å². The van der Waals surface area contributed by atoms with Crippen LogP contribution >= 0.6 is 0 Å². The van der Waals surface area contributed by atoms with Crippen LogP contribution in [0.25, 0.3) is 0 Å². The molecule has 0 aromatic rings. The van der Waals surface area contributed by atoms with Crippen LogP contribution in [-0.4, -0.2) is 12.1 Å². The largest absolute Gasteiger partial charge is 0.459 e. The second-order valence-electron chi connectivity index (χ2n) is 9.15. The molecule has 2 aliphatic carbocycles. The van der Waals surface area contributed by atoms with Gasteiger partial charge in [0, 0.05) is 6.08 Å². The Balaban J connectivity index is 2.07. The summed E-state index contributed by atoms with van der Waals surface area (Å²) in [5.41, 5.74) is 0.473. The minimum atomic E-state index is -0.240. The lowest BCUT2D eigenvalue weighted by atomic mass is 9.58. The first-order valence-corrected chi connectivity index (χ1v) is 10.2. The predicted molar refractivity (Wildman–Crippen MR) is 101 cm³/mol. The fourth-order valence-corrected chi connectivity index (χ4v) is 5.27. The monoisotopic (exact) mass is 334 g/mol. The van der Waals surface area contributed by atoms with Crippen molar-refractivity contribution in [1.82, 2.24) is 0 Å². The molecule has 2 saturated carbocycles. The number of esters is 1. The average molecular weight is 335 g/mol. The highest BCUT2D eigenvalue weighted by Crippen LogP contribution is 2.52. The molecule has 0 aromatic carbocycles. The lowest BCUT2D eigenvalue weighted by molar-refractivity contribution is -0.153. The molecule has 2 aliphatic rings. The molecule has 0 heterocycles. The highest BCUT2D eigenvalue weighted by Gasteiger charge is 2.44. The Hall–Kier alpha value is -0.790. The van der Waals surface area contributed by atoms with E-state index in [-0.39, 0.29) is 12.1 Å². The van der Waals surface area contributed by atoms with Gasteiger partial charge < -0.3 is 4.74 Å². The zero-order chi connectivity index (χ0) is 17.7. The van der Waals surface area contributed by atoms with E-state index in [9.17, 15) is 4.79 Å². The molecule has 0 aromatic heterocycles. The molecular weight excluding hydrogens is 296 g/mol. The number of carbonyl (C=O) groups excluding carboxylic acids is 1. The van der Waals surface area contributed by atoms with Crippen LogP contribution in [0.2, 0.25) is 0 Å². The van der Waals surface area contributed by atoms with Crippen LogP contribution in [0.15, 0.2) is 12.7 Å². The summed E-state index contributed by atoms with van der Waals surface area (Å²) in [6.45, 7) is 12.9. The molecule has 6 unspecified atom stereocenters. The van der Waals surface area contributed by atoms with Gasteiger partial charge in [-0.05, 0) is 61.2 Å². The highest BCUT2D eigenvalue weighted by atomic mass is 16.5. The van der Waals surface area contributed by atoms with Gasteiger partial charge in [0.1, 0.15) is 6.10 Å². The molecule has 6 atom stereocenters. The molecule has 2 fully saturated rings. The molecule has 2 bridgehead atoms. The number of hydrogen-bond donors (Lipinski definition) is 0. The van der Waals surface area contributed by atoms with Crippen molar-refractivity contribution in [3.05, 3.63) is 12.7 Å². The van der Waals surface area contributed by atoms with Gasteiger partial charge in [-0.3, -0.25) is 0 Å². The van der Waals surface area contributed by atoms with Crippen LogP contribution in [-0.2, 0) is 9.53 Å². The Morgan fingerprint density at radius 1 is 1.33 bits per heavy atom. The highest BCUT2D eigenvalue weighted by molar-refractivity contribution is 5.81. The Morgan fingerprint density at radius 2 is 2.08 bits per heavy atom. The normalized spacial score (nSPS) is 33.3. The van der Waals surface area contributed by atoms with Crippen molar-refractivity contribution < 1.29 is 9.53 Å². The number of carbonyl (C=O) groups is 1. The van der Waals surface area contributed by atoms with Crippen molar-refractivity contribution in [1.29, 1.82) is 0 Å². The quantitative estimate of drug-likeness (QED) is 0.393. The third-order valence-electron chi connectivity index (χ3n) is 6.82. The molecule has 0 saturated heterocycles. The Bertz CT molecular complexity index is 430. The molecular formula is C22H38O2. The smallest absolute Gasteiger partial charge is 0.330 e. The Kier molecular flexibility index (Phi) is 6.95. The van der Waals surface area contributed by atoms with Crippen LogP contribution in [0.5, 0.6) is 0 Å². The van der Waals surface area contributed by atoms with Crippen molar-refractivity contribution in [3.63, 3.8) is 0 Å². The fourth-order valence-electron chi connectivity index (χ4n) is 5.27. The van der Waals surface area contributed by atoms with Crippen LogP contribution in [0.1, 0.15) is 85.5 Å². The third-order valence-corrected chi connectivity index (χ3v) is 6.82. The van der Waals surface area contributed by atoms with Crippen molar-refractivity contribution in [2.45, 2.75) is 91.6 Å². The van der Waals surface area contributed by atoms with E-state index < -0.39 is 0 Å². The first kappa shape index (κ1) is 19.5. The van der Waals surface area contributed by atoms with Gasteiger partial charge in [0.25, 0.3) is 0 Å². The van der Waals surface area contributed by atoms with Crippen molar-refractivity contribution in [3.8, 4) is 0 Å². The molecule has 0 N–H and O–H groups in total. The molecule has 2 nitrogen and oxygen atoms in total. The summed E-state index contributed by atoms with van der Waals surface area (Å²) < 4.78 is 5.92. The maximum Gasteiger partial charge on any atom is 0.330 e. The standard InChI is InChI=1S/C22H38O2/c1-6-16(3)10-11-17(4)21(24-20(23)7-2)19-13-18-9-8-12-22(5,14-18)15-19/h7,16-19,21H,2,6,8-15H2,1,3-5H3. The number of fused-ring (bicyclic) bond motifs is 2. The van der Waals surface area contributed by atoms with Crippen molar-refractivity contribution >= 4 is 5.97 Å². The summed E-state index contributed by atoms with van der Waals surface area (Å²) in [7, 11) is 0. The molecule has 24 heavy (non-hydrogen) atoms. The van der Waals surface area contributed by atoms with Gasteiger partial charge >= 0.3 is 5.97 Å². The zero-order valence-corrected chi connectivity index (χ0v) is 16.4. The topological polar surface area (TPSA) is 26.3 Å². The molecule has 138 valence electrons. The van der Waals surface area contributed by atoms with E-state index in [0.717, 1.165) is 18.3 Å². The number of ether oxygens (including phenoxy) is 1. The molecule has 2 rings (SSSR count). The summed E-state index contributed by atoms with van der Waals surface area (Å²) in [4.78, 5) is 11.9. The van der Waals surface area contributed by atoms with Crippen molar-refractivity contribution in [2.24, 2.45) is 29.1 Å². The predicted octanol–water partition coefficient (Wildman–Crippen LogP) is 6.15. The van der Waals surface area contributed by atoms with Crippen LogP contribution in [0, 0.1) is 29.1 Å². The maximum absolute atomic E-state index is 11.9. The van der Waals surface area contributed by atoms with Gasteiger partial charge in [-0.1, -0.05) is 60.0 Å². The maximum atomic E-state index is 11.9. The third kappa shape index (κ3) is 5.10. The first-order valence-electron chi connectivity index (χ1n) is 10.2. The number of hydrogen-bond acceptors (Lipinski definition) is 2. The zero-order valence-electron chi connectivity index (χ0n) is 16.4. The Morgan fingerprint density at radius 3 is 2.71 bits per heavy atom. The second-order valence-corrected chi connectivity index (χ2v) is 9.15. The lowest BCUT2D eigenvalue weighted by Gasteiger charge is -2.49. The lowest BCUT2D eigenvalue weighted by Crippen LogP contribution is -2.42.